The molecule has 0 unspecified atom stereocenters. The minimum absolute atomic E-state index is 0.655. The van der Waals surface area contributed by atoms with Gasteiger partial charge in [0.05, 0.1) is 6.61 Å². The number of guanidine groups is 1. The van der Waals surface area contributed by atoms with Crippen LogP contribution in [-0.4, -0.2) is 64.4 Å². The van der Waals surface area contributed by atoms with Crippen LogP contribution in [0.4, 0.5) is 5.69 Å². The second kappa shape index (κ2) is 12.6. The van der Waals surface area contributed by atoms with Crippen molar-refractivity contribution in [2.45, 2.75) is 32.6 Å². The van der Waals surface area contributed by atoms with Crippen LogP contribution in [0, 0.1) is 5.92 Å². The van der Waals surface area contributed by atoms with E-state index in [4.69, 9.17) is 14.5 Å². The van der Waals surface area contributed by atoms with Crippen molar-refractivity contribution < 1.29 is 9.47 Å². The molecule has 0 aromatic heterocycles. The molecular formula is C21H36N4O2. The number of nitrogens with one attached hydrogen (secondary N) is 2. The van der Waals surface area contributed by atoms with Crippen LogP contribution in [0.25, 0.3) is 0 Å². The van der Waals surface area contributed by atoms with Gasteiger partial charge in [-0.25, -0.2) is 0 Å². The van der Waals surface area contributed by atoms with Crippen molar-refractivity contribution in [3.05, 3.63) is 24.3 Å². The summed E-state index contributed by atoms with van der Waals surface area (Å²) in [6, 6.07) is 8.01. The number of rotatable bonds is 10. The highest BCUT2D eigenvalue weighted by atomic mass is 16.5. The molecule has 0 aliphatic carbocycles. The predicted octanol–water partition coefficient (Wildman–Crippen LogP) is 3.21. The maximum atomic E-state index is 5.78. The van der Waals surface area contributed by atoms with Gasteiger partial charge in [0.15, 0.2) is 5.96 Å². The van der Waals surface area contributed by atoms with E-state index < -0.39 is 0 Å². The van der Waals surface area contributed by atoms with Crippen molar-refractivity contribution in [1.82, 2.24) is 10.2 Å². The minimum atomic E-state index is 0.655. The van der Waals surface area contributed by atoms with Gasteiger partial charge in [0.2, 0.25) is 0 Å². The summed E-state index contributed by atoms with van der Waals surface area (Å²) < 4.78 is 10.8. The quantitative estimate of drug-likeness (QED) is 0.373. The van der Waals surface area contributed by atoms with Crippen molar-refractivity contribution in [2.75, 3.05) is 58.9 Å². The van der Waals surface area contributed by atoms with E-state index in [9.17, 15) is 0 Å². The molecular weight excluding hydrogens is 340 g/mol. The third-order valence-corrected chi connectivity index (χ3v) is 4.85. The van der Waals surface area contributed by atoms with Gasteiger partial charge in [-0.2, -0.15) is 0 Å². The average molecular weight is 377 g/mol. The zero-order chi connectivity index (χ0) is 19.3. The van der Waals surface area contributed by atoms with E-state index in [0.29, 0.717) is 13.2 Å². The van der Waals surface area contributed by atoms with Crippen LogP contribution in [-0.2, 0) is 4.74 Å². The minimum Gasteiger partial charge on any atom is -0.493 e. The van der Waals surface area contributed by atoms with E-state index >= 15 is 0 Å². The van der Waals surface area contributed by atoms with Crippen LogP contribution in [0.5, 0.6) is 5.75 Å². The Kier molecular flexibility index (Phi) is 10.0. The largest absolute Gasteiger partial charge is 0.493 e. The molecule has 0 spiro atoms. The van der Waals surface area contributed by atoms with Crippen LogP contribution < -0.4 is 15.4 Å². The van der Waals surface area contributed by atoms with Crippen molar-refractivity contribution in [3.63, 3.8) is 0 Å². The molecule has 152 valence electrons. The van der Waals surface area contributed by atoms with Crippen LogP contribution in [0.15, 0.2) is 29.3 Å². The fraction of sp³-hybridized carbons (Fsp3) is 0.667. The summed E-state index contributed by atoms with van der Waals surface area (Å²) in [5, 5.41) is 6.72. The zero-order valence-corrected chi connectivity index (χ0v) is 17.2. The number of benzene rings is 1. The summed E-state index contributed by atoms with van der Waals surface area (Å²) in [5.74, 6) is 2.50. The maximum absolute atomic E-state index is 5.78. The second-order valence-corrected chi connectivity index (χ2v) is 7.14. The number of nitrogens with zero attached hydrogens (tertiary/aromatic N) is 2. The first-order valence-electron chi connectivity index (χ1n) is 10.2. The molecule has 6 nitrogen and oxygen atoms in total. The van der Waals surface area contributed by atoms with Gasteiger partial charge in [-0.3, -0.25) is 4.99 Å². The lowest BCUT2D eigenvalue weighted by molar-refractivity contribution is 0.172. The molecule has 1 saturated heterocycles. The summed E-state index contributed by atoms with van der Waals surface area (Å²) in [6.45, 7) is 7.58. The highest BCUT2D eigenvalue weighted by molar-refractivity contribution is 5.93. The Balaban J connectivity index is 1.83. The third kappa shape index (κ3) is 8.63. The monoisotopic (exact) mass is 376 g/mol. The van der Waals surface area contributed by atoms with E-state index in [2.05, 4.69) is 29.5 Å². The molecule has 1 aromatic carbocycles. The van der Waals surface area contributed by atoms with Gasteiger partial charge >= 0.3 is 0 Å². The van der Waals surface area contributed by atoms with Gasteiger partial charge < -0.3 is 25.0 Å². The summed E-state index contributed by atoms with van der Waals surface area (Å²) in [6.07, 6.45) is 4.62. The van der Waals surface area contributed by atoms with Gasteiger partial charge in [0.1, 0.15) is 5.75 Å². The van der Waals surface area contributed by atoms with Gasteiger partial charge in [-0.15, -0.1) is 0 Å². The first-order valence-corrected chi connectivity index (χ1v) is 10.2. The summed E-state index contributed by atoms with van der Waals surface area (Å²) in [4.78, 5) is 7.17. The molecule has 1 heterocycles. The lowest BCUT2D eigenvalue weighted by Crippen LogP contribution is -2.32. The van der Waals surface area contributed by atoms with Crippen LogP contribution in [0.3, 0.4) is 0 Å². The Bertz CT molecular complexity index is 557. The standard InChI is InChI=1S/C21H36N4O2/c1-4-22-21(23-12-9-18-10-13-25(2)14-11-18)24-19-7-5-8-20(17-19)27-16-6-15-26-3/h5,7-8,17-18H,4,6,9-16H2,1-3H3,(H2,22,23,24). The molecule has 0 bridgehead atoms. The molecule has 1 aromatic rings. The summed E-state index contributed by atoms with van der Waals surface area (Å²) >= 11 is 0. The van der Waals surface area contributed by atoms with Gasteiger partial charge in [-0.1, -0.05) is 6.07 Å². The van der Waals surface area contributed by atoms with E-state index in [1.807, 2.05) is 24.3 Å². The number of piperidine rings is 1. The molecule has 27 heavy (non-hydrogen) atoms. The predicted molar refractivity (Wildman–Crippen MR) is 113 cm³/mol. The number of aliphatic imine (C=N–C) groups is 1. The zero-order valence-electron chi connectivity index (χ0n) is 17.2. The molecule has 6 heteroatoms. The highest BCUT2D eigenvalue weighted by Gasteiger charge is 2.15. The first-order chi connectivity index (χ1) is 13.2. The van der Waals surface area contributed by atoms with E-state index in [1.165, 1.54) is 25.9 Å². The highest BCUT2D eigenvalue weighted by Crippen LogP contribution is 2.20. The molecule has 1 aliphatic heterocycles. The Labute approximate surface area is 164 Å². The number of hydrogen-bond acceptors (Lipinski definition) is 4. The molecule has 0 amide bonds. The maximum Gasteiger partial charge on any atom is 0.195 e. The molecule has 0 saturated carbocycles. The van der Waals surface area contributed by atoms with Crippen LogP contribution in [0.2, 0.25) is 0 Å². The molecule has 1 fully saturated rings. The SMILES string of the molecule is CCNC(=NCCC1CCN(C)CC1)Nc1cccc(OCCCOC)c1. The Morgan fingerprint density at radius 3 is 2.81 bits per heavy atom. The number of ether oxygens (including phenoxy) is 2. The van der Waals surface area contributed by atoms with Crippen molar-refractivity contribution >= 4 is 11.6 Å². The third-order valence-electron chi connectivity index (χ3n) is 4.85. The van der Waals surface area contributed by atoms with Gasteiger partial charge in [0.25, 0.3) is 0 Å². The lowest BCUT2D eigenvalue weighted by atomic mass is 9.94. The topological polar surface area (TPSA) is 58.1 Å². The smallest absolute Gasteiger partial charge is 0.195 e. The van der Waals surface area contributed by atoms with Crippen LogP contribution >= 0.6 is 0 Å². The Morgan fingerprint density at radius 1 is 1.26 bits per heavy atom. The normalized spacial score (nSPS) is 16.3. The molecule has 0 atom stereocenters. The number of anilines is 1. The fourth-order valence-electron chi connectivity index (χ4n) is 3.21. The number of methoxy groups -OCH3 is 1. The Morgan fingerprint density at radius 2 is 2.07 bits per heavy atom. The summed E-state index contributed by atoms with van der Waals surface area (Å²) in [7, 11) is 3.91. The van der Waals surface area contributed by atoms with Crippen molar-refractivity contribution in [3.8, 4) is 5.75 Å². The van der Waals surface area contributed by atoms with E-state index in [1.54, 1.807) is 7.11 Å². The van der Waals surface area contributed by atoms with Gasteiger partial charge in [-0.05, 0) is 64.4 Å². The average Bonchev–Trinajstić information content (AvgIpc) is 2.67. The van der Waals surface area contributed by atoms with Crippen molar-refractivity contribution in [2.24, 2.45) is 10.9 Å². The molecule has 0 radical (unpaired) electrons. The van der Waals surface area contributed by atoms with Gasteiger partial charge in [0, 0.05) is 45.0 Å². The number of hydrogen-bond donors (Lipinski definition) is 2. The van der Waals surface area contributed by atoms with E-state index in [0.717, 1.165) is 49.2 Å². The first kappa shape index (κ1) is 21.5. The van der Waals surface area contributed by atoms with Crippen molar-refractivity contribution in [1.29, 1.82) is 0 Å². The van der Waals surface area contributed by atoms with E-state index in [-0.39, 0.29) is 0 Å². The number of likely N-dealkylation sites (tertiary alicyclic amines) is 1. The Hall–Kier alpha value is -1.79. The van der Waals surface area contributed by atoms with Crippen LogP contribution in [0.1, 0.15) is 32.6 Å². The molecule has 1 aliphatic rings. The fourth-order valence-corrected chi connectivity index (χ4v) is 3.21. The molecule has 2 rings (SSSR count). The molecule has 2 N–H and O–H groups in total. The second-order valence-electron chi connectivity index (χ2n) is 7.14. The summed E-state index contributed by atoms with van der Waals surface area (Å²) in [5.41, 5.74) is 0.984. The lowest BCUT2D eigenvalue weighted by Gasteiger charge is -2.28.